The molecule has 96 valence electrons. The van der Waals surface area contributed by atoms with E-state index in [1.54, 1.807) is 18.4 Å². The van der Waals surface area contributed by atoms with Crippen LogP contribution in [0.5, 0.6) is 5.75 Å². The number of nitrogens with two attached hydrogens (primary N) is 1. The number of thiazole rings is 1. The summed E-state index contributed by atoms with van der Waals surface area (Å²) >= 11 is 1.65. The van der Waals surface area contributed by atoms with E-state index in [2.05, 4.69) is 17.2 Å². The molecule has 1 aromatic carbocycles. The molecule has 0 radical (unpaired) electrons. The van der Waals surface area contributed by atoms with E-state index < -0.39 is 0 Å². The lowest BCUT2D eigenvalue weighted by molar-refractivity contribution is 0.415. The fraction of sp³-hybridized carbons (Fsp3) is 0.308. The molecule has 0 amide bonds. The number of hydrogen-bond acceptors (Lipinski definition) is 5. The van der Waals surface area contributed by atoms with Crippen molar-refractivity contribution in [3.05, 3.63) is 34.3 Å². The average molecular weight is 263 g/mol. The highest BCUT2D eigenvalue weighted by molar-refractivity contribution is 7.09. The predicted octanol–water partition coefficient (Wildman–Crippen LogP) is 3.22. The number of nitrogens with zero attached hydrogens (tertiary/aromatic N) is 1. The first kappa shape index (κ1) is 12.7. The molecule has 1 heterocycles. The third-order valence-electron chi connectivity index (χ3n) is 2.64. The van der Waals surface area contributed by atoms with Crippen LogP contribution in [-0.4, -0.2) is 12.1 Å². The van der Waals surface area contributed by atoms with Gasteiger partial charge in [0.25, 0.3) is 0 Å². The Bertz CT molecular complexity index is 539. The molecule has 5 heteroatoms. The van der Waals surface area contributed by atoms with Gasteiger partial charge in [-0.2, -0.15) is 0 Å². The molecule has 18 heavy (non-hydrogen) atoms. The number of nitrogen functional groups attached to an aromatic ring is 1. The van der Waals surface area contributed by atoms with Crippen molar-refractivity contribution in [1.82, 2.24) is 4.98 Å². The van der Waals surface area contributed by atoms with Gasteiger partial charge in [-0.25, -0.2) is 4.98 Å². The average Bonchev–Trinajstić information content (AvgIpc) is 2.78. The SMILES string of the molecule is COc1ccc(NC(C)c2nc(C)cs2)c(N)c1. The molecule has 2 aromatic rings. The summed E-state index contributed by atoms with van der Waals surface area (Å²) in [4.78, 5) is 4.46. The van der Waals surface area contributed by atoms with Crippen LogP contribution >= 0.6 is 11.3 Å². The largest absolute Gasteiger partial charge is 0.497 e. The van der Waals surface area contributed by atoms with Gasteiger partial charge in [0.15, 0.2) is 0 Å². The Balaban J connectivity index is 2.14. The van der Waals surface area contributed by atoms with Crippen LogP contribution in [-0.2, 0) is 0 Å². The number of benzene rings is 1. The highest BCUT2D eigenvalue weighted by Crippen LogP contribution is 2.28. The van der Waals surface area contributed by atoms with Crippen molar-refractivity contribution in [2.45, 2.75) is 19.9 Å². The number of aryl methyl sites for hydroxylation is 1. The zero-order valence-electron chi connectivity index (χ0n) is 10.7. The maximum Gasteiger partial charge on any atom is 0.121 e. The molecular formula is C13H17N3OS. The summed E-state index contributed by atoms with van der Waals surface area (Å²) in [6, 6.07) is 5.76. The summed E-state index contributed by atoms with van der Waals surface area (Å²) in [6.07, 6.45) is 0. The third-order valence-corrected chi connectivity index (χ3v) is 3.78. The Kier molecular flexibility index (Phi) is 3.72. The van der Waals surface area contributed by atoms with E-state index in [9.17, 15) is 0 Å². The molecule has 2 rings (SSSR count). The van der Waals surface area contributed by atoms with Gasteiger partial charge in [-0.1, -0.05) is 0 Å². The minimum absolute atomic E-state index is 0.138. The molecule has 0 bridgehead atoms. The first-order chi connectivity index (χ1) is 8.60. The van der Waals surface area contributed by atoms with Gasteiger partial charge in [0.1, 0.15) is 10.8 Å². The number of aromatic nitrogens is 1. The van der Waals surface area contributed by atoms with Gasteiger partial charge in [0.05, 0.1) is 24.5 Å². The summed E-state index contributed by atoms with van der Waals surface area (Å²) < 4.78 is 5.12. The summed E-state index contributed by atoms with van der Waals surface area (Å²) in [5.74, 6) is 0.760. The Morgan fingerprint density at radius 3 is 2.78 bits per heavy atom. The van der Waals surface area contributed by atoms with Crippen LogP contribution in [0.1, 0.15) is 23.7 Å². The molecular weight excluding hydrogens is 246 g/mol. The first-order valence-electron chi connectivity index (χ1n) is 5.72. The van der Waals surface area contributed by atoms with Crippen molar-refractivity contribution in [3.8, 4) is 5.75 Å². The molecule has 4 nitrogen and oxygen atoms in total. The third kappa shape index (κ3) is 2.73. The van der Waals surface area contributed by atoms with E-state index in [0.717, 1.165) is 22.1 Å². The van der Waals surface area contributed by atoms with Gasteiger partial charge >= 0.3 is 0 Å². The summed E-state index contributed by atoms with van der Waals surface area (Å²) in [5, 5.41) is 6.46. The minimum atomic E-state index is 0.138. The van der Waals surface area contributed by atoms with Crippen LogP contribution in [0.15, 0.2) is 23.6 Å². The summed E-state index contributed by atoms with van der Waals surface area (Å²) in [7, 11) is 1.63. The molecule has 1 aromatic heterocycles. The van der Waals surface area contributed by atoms with Gasteiger partial charge < -0.3 is 15.8 Å². The lowest BCUT2D eigenvalue weighted by atomic mass is 10.2. The molecule has 1 atom stereocenters. The van der Waals surface area contributed by atoms with Crippen LogP contribution in [0.2, 0.25) is 0 Å². The summed E-state index contributed by atoms with van der Waals surface area (Å²) in [6.45, 7) is 4.07. The molecule has 0 aliphatic carbocycles. The Morgan fingerprint density at radius 2 is 2.22 bits per heavy atom. The number of nitrogens with one attached hydrogen (secondary N) is 1. The number of ether oxygens (including phenoxy) is 1. The normalized spacial score (nSPS) is 12.2. The van der Waals surface area contributed by atoms with E-state index in [0.29, 0.717) is 5.69 Å². The maximum absolute atomic E-state index is 5.97. The van der Waals surface area contributed by atoms with E-state index in [1.165, 1.54) is 0 Å². The topological polar surface area (TPSA) is 60.2 Å². The van der Waals surface area contributed by atoms with Crippen molar-refractivity contribution in [2.24, 2.45) is 0 Å². The van der Waals surface area contributed by atoms with E-state index >= 15 is 0 Å². The van der Waals surface area contributed by atoms with Gasteiger partial charge in [0, 0.05) is 17.1 Å². The molecule has 0 saturated heterocycles. The maximum atomic E-state index is 5.97. The fourth-order valence-electron chi connectivity index (χ4n) is 1.67. The molecule has 0 fully saturated rings. The highest BCUT2D eigenvalue weighted by Gasteiger charge is 2.11. The lowest BCUT2D eigenvalue weighted by Crippen LogP contribution is -2.08. The van der Waals surface area contributed by atoms with Crippen LogP contribution in [0, 0.1) is 6.92 Å². The molecule has 0 spiro atoms. The second-order valence-corrected chi connectivity index (χ2v) is 5.04. The quantitative estimate of drug-likeness (QED) is 0.831. The Morgan fingerprint density at radius 1 is 1.44 bits per heavy atom. The monoisotopic (exact) mass is 263 g/mol. The van der Waals surface area contributed by atoms with Crippen molar-refractivity contribution >= 4 is 22.7 Å². The molecule has 0 aliphatic rings. The van der Waals surface area contributed by atoms with E-state index in [1.807, 2.05) is 30.5 Å². The van der Waals surface area contributed by atoms with Crippen molar-refractivity contribution < 1.29 is 4.74 Å². The van der Waals surface area contributed by atoms with Gasteiger partial charge in [-0.3, -0.25) is 0 Å². The first-order valence-corrected chi connectivity index (χ1v) is 6.60. The van der Waals surface area contributed by atoms with Crippen LogP contribution in [0.3, 0.4) is 0 Å². The van der Waals surface area contributed by atoms with Crippen LogP contribution < -0.4 is 15.8 Å². The molecule has 1 unspecified atom stereocenters. The number of hydrogen-bond donors (Lipinski definition) is 2. The van der Waals surface area contributed by atoms with Gasteiger partial charge in [-0.15, -0.1) is 11.3 Å². The molecule has 0 saturated carbocycles. The van der Waals surface area contributed by atoms with Crippen molar-refractivity contribution in [1.29, 1.82) is 0 Å². The Labute approximate surface area is 111 Å². The van der Waals surface area contributed by atoms with Crippen LogP contribution in [0.25, 0.3) is 0 Å². The van der Waals surface area contributed by atoms with E-state index in [-0.39, 0.29) is 6.04 Å². The second-order valence-electron chi connectivity index (χ2n) is 4.15. The van der Waals surface area contributed by atoms with Gasteiger partial charge in [-0.05, 0) is 26.0 Å². The van der Waals surface area contributed by atoms with Gasteiger partial charge in [0.2, 0.25) is 0 Å². The smallest absolute Gasteiger partial charge is 0.121 e. The Hall–Kier alpha value is -1.75. The molecule has 0 aliphatic heterocycles. The zero-order valence-corrected chi connectivity index (χ0v) is 11.5. The number of methoxy groups -OCH3 is 1. The molecule has 3 N–H and O–H groups in total. The minimum Gasteiger partial charge on any atom is -0.497 e. The predicted molar refractivity (Wildman–Crippen MR) is 76.3 cm³/mol. The number of rotatable bonds is 4. The van der Waals surface area contributed by atoms with Crippen LogP contribution in [0.4, 0.5) is 11.4 Å². The van der Waals surface area contributed by atoms with Crippen molar-refractivity contribution in [3.63, 3.8) is 0 Å². The standard InChI is InChI=1S/C13H17N3OS/c1-8-7-18-13(15-8)9(2)16-12-5-4-10(17-3)6-11(12)14/h4-7,9,16H,14H2,1-3H3. The fourth-order valence-corrected chi connectivity index (χ4v) is 2.47. The van der Waals surface area contributed by atoms with E-state index in [4.69, 9.17) is 10.5 Å². The zero-order chi connectivity index (χ0) is 13.1. The van der Waals surface area contributed by atoms with Crippen molar-refractivity contribution in [2.75, 3.05) is 18.2 Å². The summed E-state index contributed by atoms with van der Waals surface area (Å²) in [5.41, 5.74) is 8.59. The highest BCUT2D eigenvalue weighted by atomic mass is 32.1. The second kappa shape index (κ2) is 5.27. The number of anilines is 2. The lowest BCUT2D eigenvalue weighted by Gasteiger charge is -2.15.